The number of nitrogens with one attached hydrogen (secondary N) is 3. The van der Waals surface area contributed by atoms with Gasteiger partial charge in [0.2, 0.25) is 11.8 Å². The Morgan fingerprint density at radius 1 is 1.16 bits per heavy atom. The Morgan fingerprint density at radius 2 is 1.86 bits per heavy atom. The van der Waals surface area contributed by atoms with E-state index in [0.717, 1.165) is 27.7 Å². The van der Waals surface area contributed by atoms with Crippen LogP contribution in [0.2, 0.25) is 0 Å². The maximum atomic E-state index is 13.8. The van der Waals surface area contributed by atoms with Gasteiger partial charge in [0.1, 0.15) is 11.9 Å². The average molecular weight is 509 g/mol. The predicted molar refractivity (Wildman–Crippen MR) is 143 cm³/mol. The summed E-state index contributed by atoms with van der Waals surface area (Å²) in [7, 11) is 1.73. The molecule has 7 nitrogen and oxygen atoms in total. The number of carbonyl (C=O) groups excluding carboxylic acids is 2. The molecule has 2 heterocycles. The summed E-state index contributed by atoms with van der Waals surface area (Å²) in [5.74, 6) is -0.815. The van der Waals surface area contributed by atoms with Crippen LogP contribution in [-0.2, 0) is 16.0 Å². The first-order chi connectivity index (χ1) is 17.7. The fourth-order valence-electron chi connectivity index (χ4n) is 5.31. The molecule has 1 aliphatic rings. The van der Waals surface area contributed by atoms with E-state index in [1.807, 2.05) is 45.0 Å². The first-order valence-electron chi connectivity index (χ1n) is 13.1. The van der Waals surface area contributed by atoms with E-state index in [-0.39, 0.29) is 29.6 Å². The molecule has 0 bridgehead atoms. The van der Waals surface area contributed by atoms with Gasteiger partial charge in [-0.25, -0.2) is 4.39 Å². The summed E-state index contributed by atoms with van der Waals surface area (Å²) in [6.45, 7) is 6.16. The van der Waals surface area contributed by atoms with Crippen LogP contribution in [0.1, 0.15) is 39.2 Å². The van der Waals surface area contributed by atoms with Crippen molar-refractivity contribution in [2.75, 3.05) is 13.6 Å². The largest absolute Gasteiger partial charge is 0.391 e. The normalized spacial score (nSPS) is 19.4. The summed E-state index contributed by atoms with van der Waals surface area (Å²) in [5, 5.41) is 17.9. The number of aromatic nitrogens is 1. The van der Waals surface area contributed by atoms with Gasteiger partial charge < -0.3 is 25.6 Å². The number of hydrogen-bond donors (Lipinski definition) is 4. The topological polar surface area (TPSA) is 97.5 Å². The molecule has 37 heavy (non-hydrogen) atoms. The molecule has 8 heteroatoms. The van der Waals surface area contributed by atoms with Crippen LogP contribution in [0.25, 0.3) is 22.2 Å². The second-order valence-corrected chi connectivity index (χ2v) is 10.2. The highest BCUT2D eigenvalue weighted by atomic mass is 19.1. The lowest BCUT2D eigenvalue weighted by Gasteiger charge is -2.32. The Balaban J connectivity index is 1.66. The molecule has 1 saturated heterocycles. The molecule has 0 aliphatic carbocycles. The van der Waals surface area contributed by atoms with Crippen molar-refractivity contribution in [3.63, 3.8) is 0 Å². The van der Waals surface area contributed by atoms with E-state index in [1.54, 1.807) is 24.1 Å². The third-order valence-corrected chi connectivity index (χ3v) is 7.46. The number of aromatic amines is 1. The number of hydrogen-bond acceptors (Lipinski definition) is 4. The average Bonchev–Trinajstić information content (AvgIpc) is 3.44. The third-order valence-electron chi connectivity index (χ3n) is 7.46. The summed E-state index contributed by atoms with van der Waals surface area (Å²) in [5.41, 5.74) is 3.59. The van der Waals surface area contributed by atoms with Gasteiger partial charge >= 0.3 is 0 Å². The smallest absolute Gasteiger partial charge is 0.245 e. The molecule has 0 radical (unpaired) electrons. The minimum Gasteiger partial charge on any atom is -0.391 e. The van der Waals surface area contributed by atoms with E-state index < -0.39 is 18.2 Å². The molecule has 3 aromatic rings. The maximum Gasteiger partial charge on any atom is 0.245 e. The molecule has 4 atom stereocenters. The van der Waals surface area contributed by atoms with Gasteiger partial charge in [0.15, 0.2) is 0 Å². The highest BCUT2D eigenvalue weighted by Crippen LogP contribution is 2.34. The highest BCUT2D eigenvalue weighted by Gasteiger charge is 2.41. The van der Waals surface area contributed by atoms with Gasteiger partial charge in [0.25, 0.3) is 0 Å². The van der Waals surface area contributed by atoms with Gasteiger partial charge in [-0.05, 0) is 73.7 Å². The van der Waals surface area contributed by atoms with Crippen molar-refractivity contribution < 1.29 is 19.1 Å². The van der Waals surface area contributed by atoms with E-state index in [4.69, 9.17) is 0 Å². The summed E-state index contributed by atoms with van der Waals surface area (Å²) in [6.07, 6.45) is 0.815. The number of carbonyl (C=O) groups is 2. The Labute approximate surface area is 217 Å². The molecule has 0 spiro atoms. The quantitative estimate of drug-likeness (QED) is 0.355. The Hall–Kier alpha value is -3.23. The standard InChI is InChI=1S/C29H37FN4O3/c1-5-22(31-4)28(36)33-26(17(2)3)29(37)34-15-14-25(35)24(34)16-21-20-8-6-7-9-23(20)32-27(21)18-10-12-19(30)13-11-18/h6-13,17,22,24-26,31-32,35H,5,14-16H2,1-4H3,(H,33,36)/t22-,24-,25?,26-/m0/s1. The lowest BCUT2D eigenvalue weighted by atomic mass is 9.95. The molecule has 198 valence electrons. The first-order valence-corrected chi connectivity index (χ1v) is 13.1. The van der Waals surface area contributed by atoms with Gasteiger partial charge in [-0.15, -0.1) is 0 Å². The van der Waals surface area contributed by atoms with Crippen molar-refractivity contribution in [3.8, 4) is 11.3 Å². The molecule has 2 amide bonds. The number of nitrogens with zero attached hydrogens (tertiary/aromatic N) is 1. The summed E-state index contributed by atoms with van der Waals surface area (Å²) >= 11 is 0. The van der Waals surface area contributed by atoms with Crippen molar-refractivity contribution in [3.05, 3.63) is 59.9 Å². The van der Waals surface area contributed by atoms with Crippen LogP contribution in [0.4, 0.5) is 4.39 Å². The zero-order valence-electron chi connectivity index (χ0n) is 21.9. The number of amides is 2. The lowest BCUT2D eigenvalue weighted by molar-refractivity contribution is -0.139. The van der Waals surface area contributed by atoms with Crippen molar-refractivity contribution in [1.29, 1.82) is 0 Å². The SMILES string of the molecule is CC[C@H](NC)C(=O)N[C@H](C(=O)N1CCC(O)[C@@H]1Cc1c(-c2ccc(F)cc2)[nH]c2ccccc12)C(C)C. The number of para-hydroxylation sites is 1. The maximum absolute atomic E-state index is 13.8. The van der Waals surface area contributed by atoms with Crippen molar-refractivity contribution in [1.82, 2.24) is 20.5 Å². The van der Waals surface area contributed by atoms with Crippen LogP contribution >= 0.6 is 0 Å². The molecule has 0 saturated carbocycles. The van der Waals surface area contributed by atoms with Crippen LogP contribution in [0.3, 0.4) is 0 Å². The molecule has 1 fully saturated rings. The molecular weight excluding hydrogens is 471 g/mol. The molecule has 4 N–H and O–H groups in total. The minimum absolute atomic E-state index is 0.118. The number of benzene rings is 2. The summed E-state index contributed by atoms with van der Waals surface area (Å²) in [4.78, 5) is 31.8. The number of rotatable bonds is 9. The number of fused-ring (bicyclic) bond motifs is 1. The Kier molecular flexibility index (Phi) is 8.29. The molecular formula is C29H37FN4O3. The Morgan fingerprint density at radius 3 is 2.51 bits per heavy atom. The summed E-state index contributed by atoms with van der Waals surface area (Å²) in [6, 6.07) is 12.7. The predicted octanol–water partition coefficient (Wildman–Crippen LogP) is 3.62. The van der Waals surface area contributed by atoms with Crippen molar-refractivity contribution in [2.24, 2.45) is 5.92 Å². The molecule has 4 rings (SSSR count). The fourth-order valence-corrected chi connectivity index (χ4v) is 5.31. The van der Waals surface area contributed by atoms with Gasteiger partial charge in [-0.1, -0.05) is 39.0 Å². The van der Waals surface area contributed by atoms with E-state index in [2.05, 4.69) is 15.6 Å². The van der Waals surface area contributed by atoms with Crippen molar-refractivity contribution in [2.45, 2.75) is 64.3 Å². The van der Waals surface area contributed by atoms with Crippen LogP contribution in [0, 0.1) is 11.7 Å². The zero-order valence-corrected chi connectivity index (χ0v) is 21.9. The van der Waals surface area contributed by atoms with E-state index in [1.165, 1.54) is 12.1 Å². The Bertz CT molecular complexity index is 1240. The molecule has 2 aromatic carbocycles. The monoisotopic (exact) mass is 508 g/mol. The number of aliphatic hydroxyl groups is 1. The number of likely N-dealkylation sites (N-methyl/N-ethyl adjacent to an activating group) is 1. The van der Waals surface area contributed by atoms with E-state index in [9.17, 15) is 19.1 Å². The first kappa shape index (κ1) is 26.8. The molecule has 1 aliphatic heterocycles. The number of likely N-dealkylation sites (tertiary alicyclic amines) is 1. The van der Waals surface area contributed by atoms with Gasteiger partial charge in [0.05, 0.1) is 18.2 Å². The fraction of sp³-hybridized carbons (Fsp3) is 0.448. The van der Waals surface area contributed by atoms with Gasteiger partial charge in [-0.2, -0.15) is 0 Å². The number of aliphatic hydroxyl groups excluding tert-OH is 1. The molecule has 1 aromatic heterocycles. The second kappa shape index (κ2) is 11.4. The minimum atomic E-state index is -0.692. The van der Waals surface area contributed by atoms with E-state index in [0.29, 0.717) is 25.8 Å². The second-order valence-electron chi connectivity index (χ2n) is 10.2. The van der Waals surface area contributed by atoms with Crippen LogP contribution < -0.4 is 10.6 Å². The molecule has 1 unspecified atom stereocenters. The van der Waals surface area contributed by atoms with Crippen LogP contribution in [0.15, 0.2) is 48.5 Å². The number of halogens is 1. The van der Waals surface area contributed by atoms with Crippen LogP contribution in [0.5, 0.6) is 0 Å². The lowest BCUT2D eigenvalue weighted by Crippen LogP contribution is -2.56. The van der Waals surface area contributed by atoms with Crippen molar-refractivity contribution >= 4 is 22.7 Å². The van der Waals surface area contributed by atoms with E-state index >= 15 is 0 Å². The van der Waals surface area contributed by atoms with Gasteiger partial charge in [-0.3, -0.25) is 9.59 Å². The van der Waals surface area contributed by atoms with Crippen LogP contribution in [-0.4, -0.2) is 64.6 Å². The van der Waals surface area contributed by atoms with Gasteiger partial charge in [0, 0.05) is 23.1 Å². The highest BCUT2D eigenvalue weighted by molar-refractivity contribution is 5.92. The third kappa shape index (κ3) is 5.55. The zero-order chi connectivity index (χ0) is 26.7. The summed E-state index contributed by atoms with van der Waals surface area (Å²) < 4.78 is 13.6. The number of H-pyrrole nitrogens is 1.